The van der Waals surface area contributed by atoms with E-state index in [0.29, 0.717) is 5.56 Å². The van der Waals surface area contributed by atoms with Crippen LogP contribution in [0.25, 0.3) is 32.7 Å². The highest BCUT2D eigenvalue weighted by Crippen LogP contribution is 2.35. The minimum absolute atomic E-state index is 0.425. The van der Waals surface area contributed by atoms with Crippen molar-refractivity contribution in [3.05, 3.63) is 84.4 Å². The summed E-state index contributed by atoms with van der Waals surface area (Å²) in [6.45, 7) is 0. The van der Waals surface area contributed by atoms with Gasteiger partial charge in [0, 0.05) is 5.56 Å². The smallest absolute Gasteiger partial charge is 0.253 e. The Labute approximate surface area is 139 Å². The maximum absolute atomic E-state index is 11.7. The average molecular weight is 317 g/mol. The molecule has 1 nitrogen and oxygen atoms in total. The number of halogens is 1. The Kier molecular flexibility index (Phi) is 3.36. The number of benzene rings is 4. The summed E-state index contributed by atoms with van der Waals surface area (Å²) in [6, 6.07) is 26.3. The highest BCUT2D eigenvalue weighted by atomic mass is 35.5. The second-order valence-electron chi connectivity index (χ2n) is 5.51. The lowest BCUT2D eigenvalue weighted by Gasteiger charge is -2.11. The summed E-state index contributed by atoms with van der Waals surface area (Å²) < 4.78 is 0. The Bertz CT molecular complexity index is 1040. The maximum Gasteiger partial charge on any atom is 0.253 e. The maximum atomic E-state index is 11.7. The Morgan fingerprint density at radius 2 is 1.17 bits per heavy atom. The van der Waals surface area contributed by atoms with Crippen LogP contribution in [0, 0.1) is 0 Å². The predicted molar refractivity (Wildman–Crippen MR) is 97.1 cm³/mol. The van der Waals surface area contributed by atoms with E-state index in [2.05, 4.69) is 36.4 Å². The van der Waals surface area contributed by atoms with E-state index in [1.54, 1.807) is 6.07 Å². The molecule has 0 heterocycles. The summed E-state index contributed by atoms with van der Waals surface area (Å²) in [5.74, 6) is 0. The van der Waals surface area contributed by atoms with E-state index in [4.69, 9.17) is 11.6 Å². The van der Waals surface area contributed by atoms with Gasteiger partial charge in [0.05, 0.1) is 0 Å². The van der Waals surface area contributed by atoms with Crippen molar-refractivity contribution in [3.63, 3.8) is 0 Å². The third-order valence-electron chi connectivity index (χ3n) is 4.21. The molecule has 0 bridgehead atoms. The number of fused-ring (bicyclic) bond motifs is 2. The lowest BCUT2D eigenvalue weighted by Crippen LogP contribution is -1.92. The zero-order valence-electron chi connectivity index (χ0n) is 12.3. The zero-order chi connectivity index (χ0) is 15.8. The standard InChI is InChI=1S/C21H13ClO/c22-21(23)20-13-5-11-18-17(10-4-12-19(18)20)16-9-3-7-14-6-1-2-8-15(14)16/h1-13H. The van der Waals surface area contributed by atoms with Crippen molar-refractivity contribution in [3.8, 4) is 11.1 Å². The normalized spacial score (nSPS) is 11.0. The molecule has 0 aliphatic heterocycles. The number of carbonyl (C=O) groups excluding carboxylic acids is 1. The molecule has 23 heavy (non-hydrogen) atoms. The van der Waals surface area contributed by atoms with Crippen molar-refractivity contribution in [1.82, 2.24) is 0 Å². The molecule has 4 aromatic rings. The molecular weight excluding hydrogens is 304 g/mol. The second-order valence-corrected chi connectivity index (χ2v) is 5.85. The van der Waals surface area contributed by atoms with Gasteiger partial charge in [-0.2, -0.15) is 0 Å². The minimum atomic E-state index is -0.425. The molecule has 0 radical (unpaired) electrons. The molecule has 0 saturated carbocycles. The van der Waals surface area contributed by atoms with Crippen molar-refractivity contribution >= 4 is 38.4 Å². The number of rotatable bonds is 2. The monoisotopic (exact) mass is 316 g/mol. The minimum Gasteiger partial charge on any atom is -0.276 e. The van der Waals surface area contributed by atoms with Gasteiger partial charge in [0.15, 0.2) is 0 Å². The lowest BCUT2D eigenvalue weighted by atomic mass is 9.93. The predicted octanol–water partition coefficient (Wildman–Crippen LogP) is 6.04. The Hall–Kier alpha value is -2.64. The quantitative estimate of drug-likeness (QED) is 0.412. The molecule has 0 amide bonds. The van der Waals surface area contributed by atoms with Crippen molar-refractivity contribution in [2.45, 2.75) is 0 Å². The molecule has 2 heteroatoms. The van der Waals surface area contributed by atoms with Gasteiger partial charge in [0.2, 0.25) is 0 Å². The lowest BCUT2D eigenvalue weighted by molar-refractivity contribution is 0.108. The Morgan fingerprint density at radius 3 is 2.00 bits per heavy atom. The largest absolute Gasteiger partial charge is 0.276 e. The van der Waals surface area contributed by atoms with Crippen LogP contribution in [0.5, 0.6) is 0 Å². The van der Waals surface area contributed by atoms with E-state index in [-0.39, 0.29) is 0 Å². The molecule has 0 N–H and O–H groups in total. The molecule has 0 aliphatic rings. The summed E-state index contributed by atoms with van der Waals surface area (Å²) >= 11 is 5.74. The van der Waals surface area contributed by atoms with Gasteiger partial charge in [-0.25, -0.2) is 0 Å². The van der Waals surface area contributed by atoms with Gasteiger partial charge in [0.25, 0.3) is 5.24 Å². The van der Waals surface area contributed by atoms with Crippen molar-refractivity contribution in [1.29, 1.82) is 0 Å². The van der Waals surface area contributed by atoms with Crippen LogP contribution in [0.15, 0.2) is 78.9 Å². The van der Waals surface area contributed by atoms with E-state index in [0.717, 1.165) is 21.9 Å². The molecule has 110 valence electrons. The highest BCUT2D eigenvalue weighted by Gasteiger charge is 2.11. The molecule has 0 unspecified atom stereocenters. The fourth-order valence-corrected chi connectivity index (χ4v) is 3.34. The van der Waals surface area contributed by atoms with Crippen molar-refractivity contribution < 1.29 is 4.79 Å². The summed E-state index contributed by atoms with van der Waals surface area (Å²) in [5.41, 5.74) is 2.82. The van der Waals surface area contributed by atoms with Gasteiger partial charge in [-0.3, -0.25) is 4.79 Å². The third kappa shape index (κ3) is 2.30. The fraction of sp³-hybridized carbons (Fsp3) is 0. The first-order chi connectivity index (χ1) is 11.3. The SMILES string of the molecule is O=C(Cl)c1cccc2c(-c3cccc4ccccc34)cccc12. The Morgan fingerprint density at radius 1 is 0.609 bits per heavy atom. The molecule has 4 rings (SSSR count). The van der Waals surface area contributed by atoms with Crippen LogP contribution in [0.1, 0.15) is 10.4 Å². The van der Waals surface area contributed by atoms with E-state index in [9.17, 15) is 4.79 Å². The summed E-state index contributed by atoms with van der Waals surface area (Å²) in [5, 5.41) is 3.90. The van der Waals surface area contributed by atoms with E-state index in [1.807, 2.05) is 36.4 Å². The average Bonchev–Trinajstić information content (AvgIpc) is 2.60. The van der Waals surface area contributed by atoms with Crippen LogP contribution in [-0.4, -0.2) is 5.24 Å². The van der Waals surface area contributed by atoms with Crippen LogP contribution >= 0.6 is 11.6 Å². The molecule has 0 aromatic heterocycles. The van der Waals surface area contributed by atoms with E-state index < -0.39 is 5.24 Å². The van der Waals surface area contributed by atoms with Gasteiger partial charge in [-0.1, -0.05) is 72.8 Å². The number of carbonyl (C=O) groups is 1. The van der Waals surface area contributed by atoms with Crippen LogP contribution < -0.4 is 0 Å². The summed E-state index contributed by atoms with van der Waals surface area (Å²) in [4.78, 5) is 11.7. The molecule has 0 spiro atoms. The van der Waals surface area contributed by atoms with E-state index in [1.165, 1.54) is 10.8 Å². The number of hydrogen-bond acceptors (Lipinski definition) is 1. The van der Waals surface area contributed by atoms with Crippen LogP contribution in [-0.2, 0) is 0 Å². The zero-order valence-corrected chi connectivity index (χ0v) is 13.0. The Balaban J connectivity index is 2.10. The first-order valence-electron chi connectivity index (χ1n) is 7.45. The first-order valence-corrected chi connectivity index (χ1v) is 7.83. The van der Waals surface area contributed by atoms with Gasteiger partial charge in [-0.15, -0.1) is 0 Å². The van der Waals surface area contributed by atoms with E-state index >= 15 is 0 Å². The van der Waals surface area contributed by atoms with Gasteiger partial charge in [0.1, 0.15) is 0 Å². The topological polar surface area (TPSA) is 17.1 Å². The summed E-state index contributed by atoms with van der Waals surface area (Å²) in [7, 11) is 0. The number of hydrogen-bond donors (Lipinski definition) is 0. The molecule has 0 atom stereocenters. The van der Waals surface area contributed by atoms with Gasteiger partial charge in [-0.05, 0) is 50.3 Å². The first kappa shape index (κ1) is 14.0. The van der Waals surface area contributed by atoms with Crippen molar-refractivity contribution in [2.24, 2.45) is 0 Å². The molecule has 0 fully saturated rings. The molecule has 4 aromatic carbocycles. The highest BCUT2D eigenvalue weighted by molar-refractivity contribution is 6.68. The van der Waals surface area contributed by atoms with Crippen molar-refractivity contribution in [2.75, 3.05) is 0 Å². The summed E-state index contributed by atoms with van der Waals surface area (Å²) in [6.07, 6.45) is 0. The molecule has 0 aliphatic carbocycles. The van der Waals surface area contributed by atoms with Gasteiger partial charge >= 0.3 is 0 Å². The second kappa shape index (κ2) is 5.53. The molecule has 0 saturated heterocycles. The van der Waals surface area contributed by atoms with Crippen LogP contribution in [0.3, 0.4) is 0 Å². The van der Waals surface area contributed by atoms with Crippen LogP contribution in [0.4, 0.5) is 0 Å². The van der Waals surface area contributed by atoms with Crippen LogP contribution in [0.2, 0.25) is 0 Å². The van der Waals surface area contributed by atoms with Gasteiger partial charge < -0.3 is 0 Å². The fourth-order valence-electron chi connectivity index (χ4n) is 3.18. The third-order valence-corrected chi connectivity index (χ3v) is 4.42. The molecular formula is C21H13ClO.